The van der Waals surface area contributed by atoms with Crippen molar-refractivity contribution in [3.63, 3.8) is 0 Å². The molecular formula is C17H11ClFN3O. The highest BCUT2D eigenvalue weighted by Gasteiger charge is 2.15. The van der Waals surface area contributed by atoms with Crippen LogP contribution in [0.15, 0.2) is 36.4 Å². The summed E-state index contributed by atoms with van der Waals surface area (Å²) in [6, 6.07) is 11.5. The highest BCUT2D eigenvalue weighted by atomic mass is 35.5. The molecule has 1 amide bonds. The number of nitrogens with one attached hydrogen (secondary N) is 1. The third-order valence-corrected chi connectivity index (χ3v) is 3.79. The van der Waals surface area contributed by atoms with Crippen LogP contribution in [0.3, 0.4) is 0 Å². The summed E-state index contributed by atoms with van der Waals surface area (Å²) in [6.45, 7) is 0. The van der Waals surface area contributed by atoms with E-state index in [2.05, 4.69) is 11.1 Å². The monoisotopic (exact) mass is 327 g/mol. The summed E-state index contributed by atoms with van der Waals surface area (Å²) in [5, 5.41) is 9.90. The van der Waals surface area contributed by atoms with Gasteiger partial charge in [-0.15, -0.1) is 0 Å². The second-order valence-corrected chi connectivity index (χ2v) is 5.55. The van der Waals surface area contributed by atoms with Crippen molar-refractivity contribution in [3.8, 4) is 17.2 Å². The highest BCUT2D eigenvalue weighted by molar-refractivity contribution is 6.30. The number of hydrogen-bond acceptors (Lipinski definition) is 2. The van der Waals surface area contributed by atoms with Crippen molar-refractivity contribution >= 4 is 28.4 Å². The zero-order valence-electron chi connectivity index (χ0n) is 11.9. The standard InChI is InChI=1S/C17H11ClFN3O/c18-11-1-2-12(14(19)8-11)13-6-9(3-4-20)5-10-7-15(17(21)23)22-16(10)13/h1-2,5-8,22H,3H2,(H2,21,23). The van der Waals surface area contributed by atoms with E-state index in [1.165, 1.54) is 6.07 Å². The van der Waals surface area contributed by atoms with Crippen LogP contribution >= 0.6 is 11.6 Å². The number of H-pyrrole nitrogens is 1. The zero-order chi connectivity index (χ0) is 16.6. The maximum atomic E-state index is 14.3. The molecule has 23 heavy (non-hydrogen) atoms. The Bertz CT molecular complexity index is 972. The number of halogens is 2. The van der Waals surface area contributed by atoms with Gasteiger partial charge in [-0.3, -0.25) is 4.79 Å². The molecule has 0 saturated heterocycles. The van der Waals surface area contributed by atoms with Crippen molar-refractivity contribution < 1.29 is 9.18 Å². The zero-order valence-corrected chi connectivity index (χ0v) is 12.6. The first kappa shape index (κ1) is 15.1. The minimum Gasteiger partial charge on any atom is -0.364 e. The first-order chi connectivity index (χ1) is 11.0. The number of benzene rings is 2. The topological polar surface area (TPSA) is 82.7 Å². The summed E-state index contributed by atoms with van der Waals surface area (Å²) < 4.78 is 14.3. The van der Waals surface area contributed by atoms with Crippen LogP contribution in [0, 0.1) is 17.1 Å². The molecule has 3 aromatic rings. The second kappa shape index (κ2) is 5.75. The minimum absolute atomic E-state index is 0.176. The van der Waals surface area contributed by atoms with Gasteiger partial charge in [-0.05, 0) is 42.0 Å². The van der Waals surface area contributed by atoms with Crippen molar-refractivity contribution in [1.29, 1.82) is 5.26 Å². The van der Waals surface area contributed by atoms with E-state index in [1.54, 1.807) is 30.3 Å². The Balaban J connectivity index is 2.32. The van der Waals surface area contributed by atoms with Crippen molar-refractivity contribution in [2.45, 2.75) is 6.42 Å². The quantitative estimate of drug-likeness (QED) is 0.767. The molecule has 1 aromatic heterocycles. The van der Waals surface area contributed by atoms with E-state index in [1.807, 2.05) is 0 Å². The molecule has 3 rings (SSSR count). The van der Waals surface area contributed by atoms with Crippen LogP contribution in [0.25, 0.3) is 22.0 Å². The maximum absolute atomic E-state index is 14.3. The molecule has 0 fully saturated rings. The third-order valence-electron chi connectivity index (χ3n) is 3.56. The summed E-state index contributed by atoms with van der Waals surface area (Å²) in [4.78, 5) is 14.3. The number of rotatable bonds is 3. The van der Waals surface area contributed by atoms with Crippen LogP contribution in [-0.4, -0.2) is 10.9 Å². The number of fused-ring (bicyclic) bond motifs is 1. The SMILES string of the molecule is N#CCc1cc(-c2ccc(Cl)cc2F)c2[nH]c(C(N)=O)cc2c1. The first-order valence-corrected chi connectivity index (χ1v) is 7.15. The fourth-order valence-corrected chi connectivity index (χ4v) is 2.71. The fraction of sp³-hybridized carbons (Fsp3) is 0.0588. The number of carbonyl (C=O) groups is 1. The number of nitriles is 1. The molecule has 3 N–H and O–H groups in total. The predicted molar refractivity (Wildman–Crippen MR) is 86.5 cm³/mol. The summed E-state index contributed by atoms with van der Waals surface area (Å²) in [6.07, 6.45) is 0.176. The molecule has 1 heterocycles. The van der Waals surface area contributed by atoms with Crippen LogP contribution in [0.1, 0.15) is 16.1 Å². The lowest BCUT2D eigenvalue weighted by Crippen LogP contribution is -2.10. The van der Waals surface area contributed by atoms with Gasteiger partial charge in [0.05, 0.1) is 18.0 Å². The summed E-state index contributed by atoms with van der Waals surface area (Å²) in [5.74, 6) is -1.09. The van der Waals surface area contributed by atoms with E-state index >= 15 is 0 Å². The van der Waals surface area contributed by atoms with Crippen molar-refractivity contribution in [2.75, 3.05) is 0 Å². The summed E-state index contributed by atoms with van der Waals surface area (Å²) in [7, 11) is 0. The molecule has 0 unspecified atom stereocenters. The van der Waals surface area contributed by atoms with E-state index < -0.39 is 11.7 Å². The van der Waals surface area contributed by atoms with Crippen molar-refractivity contribution in [2.24, 2.45) is 5.73 Å². The predicted octanol–water partition coefficient (Wildman–Crippen LogP) is 3.79. The Morgan fingerprint density at radius 3 is 2.70 bits per heavy atom. The van der Waals surface area contributed by atoms with Gasteiger partial charge in [-0.25, -0.2) is 4.39 Å². The van der Waals surface area contributed by atoms with Gasteiger partial charge in [-0.2, -0.15) is 5.26 Å². The van der Waals surface area contributed by atoms with Crippen molar-refractivity contribution in [1.82, 2.24) is 4.98 Å². The first-order valence-electron chi connectivity index (χ1n) is 6.77. The Kier molecular flexibility index (Phi) is 3.77. The normalized spacial score (nSPS) is 10.7. The van der Waals surface area contributed by atoms with Crippen LogP contribution in [0.5, 0.6) is 0 Å². The lowest BCUT2D eigenvalue weighted by Gasteiger charge is -2.08. The molecule has 0 aliphatic heterocycles. The Morgan fingerprint density at radius 1 is 1.26 bits per heavy atom. The number of primary amides is 1. The molecular weight excluding hydrogens is 317 g/mol. The van der Waals surface area contributed by atoms with Crippen LogP contribution < -0.4 is 5.73 Å². The Labute approximate surface area is 136 Å². The lowest BCUT2D eigenvalue weighted by atomic mass is 9.98. The highest BCUT2D eigenvalue weighted by Crippen LogP contribution is 2.33. The average molecular weight is 328 g/mol. The molecule has 0 aliphatic rings. The van der Waals surface area contributed by atoms with Crippen molar-refractivity contribution in [3.05, 3.63) is 58.5 Å². The third kappa shape index (κ3) is 2.77. The van der Waals surface area contributed by atoms with Gasteiger partial charge in [0.15, 0.2) is 0 Å². The molecule has 114 valence electrons. The smallest absolute Gasteiger partial charge is 0.265 e. The molecule has 0 atom stereocenters. The molecule has 0 saturated carbocycles. The summed E-state index contributed by atoms with van der Waals surface area (Å²) in [5.41, 5.74) is 7.71. The van der Waals surface area contributed by atoms with E-state index in [4.69, 9.17) is 22.6 Å². The number of aromatic nitrogens is 1. The molecule has 0 bridgehead atoms. The van der Waals surface area contributed by atoms with Gasteiger partial charge in [0.25, 0.3) is 5.91 Å². The minimum atomic E-state index is -0.606. The number of hydrogen-bond donors (Lipinski definition) is 2. The molecule has 0 aliphatic carbocycles. The van der Waals surface area contributed by atoms with Crippen LogP contribution in [0.4, 0.5) is 4.39 Å². The molecule has 4 nitrogen and oxygen atoms in total. The number of nitrogens with zero attached hydrogens (tertiary/aromatic N) is 1. The molecule has 6 heteroatoms. The van der Waals surface area contributed by atoms with Crippen LogP contribution in [0.2, 0.25) is 5.02 Å². The van der Waals surface area contributed by atoms with Gasteiger partial charge in [0.2, 0.25) is 0 Å². The number of amides is 1. The Morgan fingerprint density at radius 2 is 2.04 bits per heavy atom. The number of carbonyl (C=O) groups excluding carboxylic acids is 1. The van der Waals surface area contributed by atoms with Crippen LogP contribution in [-0.2, 0) is 6.42 Å². The van der Waals surface area contributed by atoms with E-state index in [9.17, 15) is 9.18 Å². The van der Waals surface area contributed by atoms with Gasteiger partial charge < -0.3 is 10.7 Å². The van der Waals surface area contributed by atoms with Gasteiger partial charge >= 0.3 is 0 Å². The van der Waals surface area contributed by atoms with E-state index in [-0.39, 0.29) is 12.1 Å². The summed E-state index contributed by atoms with van der Waals surface area (Å²) >= 11 is 5.80. The number of aromatic amines is 1. The van der Waals surface area contributed by atoms with E-state index in [0.717, 1.165) is 5.56 Å². The van der Waals surface area contributed by atoms with Gasteiger partial charge in [0.1, 0.15) is 11.5 Å². The van der Waals surface area contributed by atoms with E-state index in [0.29, 0.717) is 27.1 Å². The molecule has 0 radical (unpaired) electrons. The molecule has 0 spiro atoms. The average Bonchev–Trinajstić information content (AvgIpc) is 2.91. The second-order valence-electron chi connectivity index (χ2n) is 5.11. The maximum Gasteiger partial charge on any atom is 0.265 e. The lowest BCUT2D eigenvalue weighted by molar-refractivity contribution is 0.0996. The fourth-order valence-electron chi connectivity index (χ4n) is 2.55. The Hall–Kier alpha value is -2.84. The van der Waals surface area contributed by atoms with Gasteiger partial charge in [-0.1, -0.05) is 11.6 Å². The molecule has 2 aromatic carbocycles. The largest absolute Gasteiger partial charge is 0.364 e. The number of nitrogens with two attached hydrogens (primary N) is 1. The van der Waals surface area contributed by atoms with Gasteiger partial charge in [0, 0.05) is 21.5 Å².